The number of nitrogens with zero attached hydrogens (tertiary/aromatic N) is 1. The first-order valence-electron chi connectivity index (χ1n) is 6.69. The number of hydrogen-bond donors (Lipinski definition) is 2. The fraction of sp³-hybridized carbons (Fsp3) is 0.143. The molecular formula is C14H13Cl2N3O5S. The second-order valence-corrected chi connectivity index (χ2v) is 7.31. The summed E-state index contributed by atoms with van der Waals surface area (Å²) >= 11 is 11.8. The summed E-state index contributed by atoms with van der Waals surface area (Å²) in [6.07, 6.45) is 1.66. The third kappa shape index (κ3) is 4.73. The van der Waals surface area contributed by atoms with Gasteiger partial charge in [0.25, 0.3) is 5.91 Å². The topological polar surface area (TPSA) is 120 Å². The summed E-state index contributed by atoms with van der Waals surface area (Å²) in [5, 5.41) is 7.09. The van der Waals surface area contributed by atoms with E-state index in [9.17, 15) is 18.0 Å². The van der Waals surface area contributed by atoms with Gasteiger partial charge >= 0.3 is 5.97 Å². The number of hydrogen-bond acceptors (Lipinski definition) is 5. The van der Waals surface area contributed by atoms with Crippen LogP contribution in [0.25, 0.3) is 0 Å². The van der Waals surface area contributed by atoms with Crippen LogP contribution in [0.4, 0.5) is 5.69 Å². The molecule has 2 aromatic rings. The van der Waals surface area contributed by atoms with Gasteiger partial charge in [0.1, 0.15) is 5.69 Å². The molecular weight excluding hydrogens is 393 g/mol. The van der Waals surface area contributed by atoms with Gasteiger partial charge in [-0.2, -0.15) is 0 Å². The van der Waals surface area contributed by atoms with E-state index < -0.39 is 28.5 Å². The average Bonchev–Trinajstić information content (AvgIpc) is 2.93. The summed E-state index contributed by atoms with van der Waals surface area (Å²) in [6.45, 7) is -0.576. The Morgan fingerprint density at radius 3 is 2.36 bits per heavy atom. The van der Waals surface area contributed by atoms with Crippen molar-refractivity contribution in [3.63, 3.8) is 0 Å². The van der Waals surface area contributed by atoms with Gasteiger partial charge in [0.2, 0.25) is 10.0 Å². The van der Waals surface area contributed by atoms with Crippen molar-refractivity contribution in [2.24, 2.45) is 12.2 Å². The van der Waals surface area contributed by atoms with Gasteiger partial charge in [-0.25, -0.2) is 18.4 Å². The molecule has 0 saturated carbocycles. The molecule has 0 fully saturated rings. The fourth-order valence-electron chi connectivity index (χ4n) is 1.89. The first kappa shape index (κ1) is 19.3. The van der Waals surface area contributed by atoms with E-state index in [-0.39, 0.29) is 26.3 Å². The van der Waals surface area contributed by atoms with E-state index >= 15 is 0 Å². The van der Waals surface area contributed by atoms with Gasteiger partial charge in [0, 0.05) is 13.2 Å². The molecule has 0 aliphatic heterocycles. The Balaban J connectivity index is 2.06. The van der Waals surface area contributed by atoms with Crippen molar-refractivity contribution in [1.29, 1.82) is 0 Å². The van der Waals surface area contributed by atoms with Crippen LogP contribution in [-0.4, -0.2) is 31.5 Å². The van der Waals surface area contributed by atoms with E-state index in [1.54, 1.807) is 29.9 Å². The van der Waals surface area contributed by atoms with Crippen molar-refractivity contribution in [1.82, 2.24) is 4.57 Å². The molecule has 1 amide bonds. The molecule has 0 radical (unpaired) electrons. The quantitative estimate of drug-likeness (QED) is 0.734. The molecule has 1 aromatic carbocycles. The number of nitrogens with one attached hydrogen (secondary N) is 1. The molecule has 0 unspecified atom stereocenters. The van der Waals surface area contributed by atoms with Crippen molar-refractivity contribution in [3.05, 3.63) is 46.2 Å². The predicted molar refractivity (Wildman–Crippen MR) is 92.2 cm³/mol. The summed E-state index contributed by atoms with van der Waals surface area (Å²) in [4.78, 5) is 23.4. The molecule has 0 bridgehead atoms. The minimum absolute atomic E-state index is 0.0179. The lowest BCUT2D eigenvalue weighted by atomic mass is 10.3. The van der Waals surface area contributed by atoms with Crippen LogP contribution >= 0.6 is 23.2 Å². The Labute approximate surface area is 153 Å². The summed E-state index contributed by atoms with van der Waals surface area (Å²) in [5.41, 5.74) is 0.261. The maximum Gasteiger partial charge on any atom is 0.355 e. The van der Waals surface area contributed by atoms with Crippen LogP contribution in [0.5, 0.6) is 0 Å². The monoisotopic (exact) mass is 405 g/mol. The number of primary sulfonamides is 1. The number of amides is 1. The highest BCUT2D eigenvalue weighted by Crippen LogP contribution is 2.33. The van der Waals surface area contributed by atoms with Gasteiger partial charge in [-0.3, -0.25) is 4.79 Å². The van der Waals surface area contributed by atoms with Crippen molar-refractivity contribution in [2.45, 2.75) is 4.90 Å². The number of benzene rings is 1. The first-order valence-corrected chi connectivity index (χ1v) is 9.00. The third-order valence-corrected chi connectivity index (χ3v) is 4.58. The Morgan fingerprint density at radius 2 is 1.88 bits per heavy atom. The molecule has 2 rings (SSSR count). The molecule has 1 aromatic heterocycles. The van der Waals surface area contributed by atoms with E-state index in [2.05, 4.69) is 5.32 Å². The van der Waals surface area contributed by atoms with E-state index in [4.69, 9.17) is 33.1 Å². The smallest absolute Gasteiger partial charge is 0.355 e. The lowest BCUT2D eigenvalue weighted by Gasteiger charge is -2.11. The van der Waals surface area contributed by atoms with Crippen molar-refractivity contribution >= 4 is 50.8 Å². The zero-order chi connectivity index (χ0) is 18.8. The molecule has 1 heterocycles. The zero-order valence-electron chi connectivity index (χ0n) is 12.8. The Hall–Kier alpha value is -2.07. The van der Waals surface area contributed by atoms with E-state index in [0.29, 0.717) is 0 Å². The second-order valence-electron chi connectivity index (χ2n) is 4.94. The molecule has 3 N–H and O–H groups in total. The number of aryl methyl sites for hydroxylation is 1. The molecule has 0 spiro atoms. The van der Waals surface area contributed by atoms with Gasteiger partial charge < -0.3 is 14.6 Å². The Bertz CT molecular complexity index is 917. The molecule has 0 saturated heterocycles. The normalized spacial score (nSPS) is 11.2. The lowest BCUT2D eigenvalue weighted by molar-refractivity contribution is -0.119. The van der Waals surface area contributed by atoms with Gasteiger partial charge in [0.05, 0.1) is 20.6 Å². The SMILES string of the molecule is Cn1cccc1C(=O)OCC(=O)Nc1c(Cl)cc(S(N)(=O)=O)cc1Cl. The molecule has 0 atom stereocenters. The van der Waals surface area contributed by atoms with Gasteiger partial charge in [0.15, 0.2) is 6.61 Å². The summed E-state index contributed by atoms with van der Waals surface area (Å²) in [7, 11) is -2.34. The molecule has 25 heavy (non-hydrogen) atoms. The lowest BCUT2D eigenvalue weighted by Crippen LogP contribution is -2.22. The highest BCUT2D eigenvalue weighted by molar-refractivity contribution is 7.89. The maximum absolute atomic E-state index is 11.9. The van der Waals surface area contributed by atoms with E-state index in [1.165, 1.54) is 0 Å². The largest absolute Gasteiger partial charge is 0.451 e. The van der Waals surface area contributed by atoms with E-state index in [0.717, 1.165) is 12.1 Å². The van der Waals surface area contributed by atoms with Crippen molar-refractivity contribution in [2.75, 3.05) is 11.9 Å². The standard InChI is InChI=1S/C14H13Cl2N3O5S/c1-19-4-2-3-11(19)14(21)24-7-12(20)18-13-9(15)5-8(6-10(13)16)25(17,22)23/h2-6H,7H2,1H3,(H,18,20)(H2,17,22,23). The highest BCUT2D eigenvalue weighted by Gasteiger charge is 2.18. The number of halogens is 2. The number of esters is 1. The van der Waals surface area contributed by atoms with Crippen LogP contribution in [0.1, 0.15) is 10.5 Å². The summed E-state index contributed by atoms with van der Waals surface area (Å²) in [5.74, 6) is -1.38. The number of carbonyl (C=O) groups excluding carboxylic acids is 2. The Morgan fingerprint density at radius 1 is 1.28 bits per heavy atom. The van der Waals surface area contributed by atoms with Crippen LogP contribution in [-0.2, 0) is 26.6 Å². The van der Waals surface area contributed by atoms with Gasteiger partial charge in [-0.15, -0.1) is 0 Å². The first-order chi connectivity index (χ1) is 11.6. The minimum Gasteiger partial charge on any atom is -0.451 e. The number of sulfonamides is 1. The number of rotatable bonds is 5. The van der Waals surface area contributed by atoms with Crippen LogP contribution < -0.4 is 10.5 Å². The Kier molecular flexibility index (Phi) is 5.73. The maximum atomic E-state index is 11.9. The number of aromatic nitrogens is 1. The molecule has 0 aliphatic rings. The average molecular weight is 406 g/mol. The third-order valence-electron chi connectivity index (χ3n) is 3.10. The highest BCUT2D eigenvalue weighted by atomic mass is 35.5. The molecule has 8 nitrogen and oxygen atoms in total. The van der Waals surface area contributed by atoms with Crippen molar-refractivity contribution in [3.8, 4) is 0 Å². The number of nitrogens with two attached hydrogens (primary N) is 1. The minimum atomic E-state index is -4.00. The second kappa shape index (κ2) is 7.44. The number of anilines is 1. The van der Waals surface area contributed by atoms with Crippen LogP contribution in [0.2, 0.25) is 10.0 Å². The summed E-state index contributed by atoms with van der Waals surface area (Å²) < 4.78 is 29.0. The van der Waals surface area contributed by atoms with Crippen LogP contribution in [0.3, 0.4) is 0 Å². The zero-order valence-corrected chi connectivity index (χ0v) is 15.2. The van der Waals surface area contributed by atoms with Crippen LogP contribution in [0, 0.1) is 0 Å². The number of ether oxygens (including phenoxy) is 1. The molecule has 11 heteroatoms. The molecule has 0 aliphatic carbocycles. The van der Waals surface area contributed by atoms with E-state index in [1.807, 2.05) is 0 Å². The summed E-state index contributed by atoms with van der Waals surface area (Å²) in [6, 6.07) is 5.30. The fourth-order valence-corrected chi connectivity index (χ4v) is 3.16. The predicted octanol–water partition coefficient (Wildman–Crippen LogP) is 1.77. The number of carbonyl (C=O) groups is 2. The van der Waals surface area contributed by atoms with Crippen LogP contribution in [0.15, 0.2) is 35.4 Å². The van der Waals surface area contributed by atoms with Gasteiger partial charge in [-0.05, 0) is 24.3 Å². The molecule has 134 valence electrons. The van der Waals surface area contributed by atoms with Gasteiger partial charge in [-0.1, -0.05) is 23.2 Å². The van der Waals surface area contributed by atoms with Crippen molar-refractivity contribution < 1.29 is 22.7 Å².